The number of amides is 2. The highest BCUT2D eigenvalue weighted by Gasteiger charge is 2.38. The fourth-order valence-electron chi connectivity index (χ4n) is 3.61. The summed E-state index contributed by atoms with van der Waals surface area (Å²) in [5, 5.41) is 2.62. The van der Waals surface area contributed by atoms with Gasteiger partial charge >= 0.3 is 12.0 Å². The summed E-state index contributed by atoms with van der Waals surface area (Å²) >= 11 is 0. The molecular weight excluding hydrogens is 426 g/mol. The second-order valence-electron chi connectivity index (χ2n) is 7.05. The van der Waals surface area contributed by atoms with Gasteiger partial charge in [-0.2, -0.15) is 0 Å². The third-order valence-electron chi connectivity index (χ3n) is 5.11. The normalized spacial score (nSPS) is 17.4. The number of fused-ring (bicyclic) bond motifs is 1. The molecule has 1 N–H and O–H groups in total. The molecule has 0 saturated heterocycles. The van der Waals surface area contributed by atoms with Crippen LogP contribution in [-0.2, 0) is 14.3 Å². The van der Waals surface area contributed by atoms with Crippen molar-refractivity contribution in [3.8, 4) is 11.5 Å². The highest BCUT2D eigenvalue weighted by molar-refractivity contribution is 6.03. The number of hydrogen-bond donors (Lipinski definition) is 1. The van der Waals surface area contributed by atoms with Crippen molar-refractivity contribution < 1.29 is 37.3 Å². The van der Waals surface area contributed by atoms with Crippen LogP contribution < -0.4 is 19.7 Å². The monoisotopic (exact) mass is 446 g/mol. The number of ether oxygens (including phenoxy) is 4. The molecule has 4 rings (SSSR count). The lowest BCUT2D eigenvalue weighted by Crippen LogP contribution is -2.48. The quantitative estimate of drug-likeness (QED) is 0.541. The molecule has 0 unspecified atom stereocenters. The van der Waals surface area contributed by atoms with E-state index in [2.05, 4.69) is 5.32 Å². The maximum atomic E-state index is 14.6. The Morgan fingerprint density at radius 2 is 1.94 bits per heavy atom. The lowest BCUT2D eigenvalue weighted by atomic mass is 9.94. The lowest BCUT2D eigenvalue weighted by Gasteiger charge is -2.35. The van der Waals surface area contributed by atoms with E-state index >= 15 is 0 Å². The molecule has 0 spiro atoms. The molecule has 0 radical (unpaired) electrons. The molecular formula is C22H20F2N2O6. The fraction of sp³-hybridized carbons (Fsp3) is 0.273. The molecule has 8 nitrogen and oxygen atoms in total. The smallest absolute Gasteiger partial charge is 0.338 e. The topological polar surface area (TPSA) is 86.3 Å². The van der Waals surface area contributed by atoms with Gasteiger partial charge in [-0.05, 0) is 25.1 Å². The van der Waals surface area contributed by atoms with Crippen LogP contribution in [0.3, 0.4) is 0 Å². The third kappa shape index (κ3) is 3.96. The molecule has 2 aliphatic heterocycles. The number of hydrogen-bond acceptors (Lipinski definition) is 6. The van der Waals surface area contributed by atoms with Crippen LogP contribution in [0.4, 0.5) is 19.3 Å². The van der Waals surface area contributed by atoms with E-state index in [1.165, 1.54) is 18.1 Å². The highest BCUT2D eigenvalue weighted by atomic mass is 19.1. The van der Waals surface area contributed by atoms with Crippen molar-refractivity contribution in [2.75, 3.05) is 32.0 Å². The molecule has 0 fully saturated rings. The summed E-state index contributed by atoms with van der Waals surface area (Å²) in [5.74, 6) is -1.47. The standard InChI is InChI=1S/C22H20F2N2O6/c1-12-19(21(27)30-8-7-29-2)20(15-5-3-13(23)9-16(15)24)25-22(28)26(12)14-4-6-17-18(10-14)32-11-31-17/h3-6,9-10,20H,7-8,11H2,1-2H3,(H,25,28)/t20-/m0/s1. The Morgan fingerprint density at radius 3 is 2.69 bits per heavy atom. The number of carbonyl (C=O) groups is 2. The first-order valence-corrected chi connectivity index (χ1v) is 9.72. The van der Waals surface area contributed by atoms with Gasteiger partial charge in [-0.25, -0.2) is 18.4 Å². The van der Waals surface area contributed by atoms with Crippen molar-refractivity contribution >= 4 is 17.7 Å². The molecule has 32 heavy (non-hydrogen) atoms. The van der Waals surface area contributed by atoms with E-state index in [-0.39, 0.29) is 36.8 Å². The Hall–Kier alpha value is -3.66. The second kappa shape index (κ2) is 8.83. The van der Waals surface area contributed by atoms with E-state index in [0.29, 0.717) is 23.3 Å². The molecule has 0 aromatic heterocycles. The molecule has 2 heterocycles. The van der Waals surface area contributed by atoms with Crippen molar-refractivity contribution in [2.45, 2.75) is 13.0 Å². The van der Waals surface area contributed by atoms with Crippen molar-refractivity contribution in [3.05, 3.63) is 64.9 Å². The van der Waals surface area contributed by atoms with Crippen LogP contribution in [0.5, 0.6) is 11.5 Å². The Kier molecular flexibility index (Phi) is 5.95. The third-order valence-corrected chi connectivity index (χ3v) is 5.11. The van der Waals surface area contributed by atoms with Crippen LogP contribution in [0, 0.1) is 11.6 Å². The second-order valence-corrected chi connectivity index (χ2v) is 7.05. The molecule has 2 aliphatic rings. The van der Waals surface area contributed by atoms with Crippen LogP contribution in [-0.4, -0.2) is 39.1 Å². The molecule has 0 saturated carbocycles. The Morgan fingerprint density at radius 1 is 1.16 bits per heavy atom. The number of benzene rings is 2. The first kappa shape index (κ1) is 21.6. The first-order valence-electron chi connectivity index (χ1n) is 9.72. The van der Waals surface area contributed by atoms with Gasteiger partial charge < -0.3 is 24.3 Å². The van der Waals surface area contributed by atoms with Crippen molar-refractivity contribution in [1.82, 2.24) is 5.32 Å². The number of allylic oxidation sites excluding steroid dienone is 1. The average molecular weight is 446 g/mol. The average Bonchev–Trinajstić information content (AvgIpc) is 3.21. The van der Waals surface area contributed by atoms with E-state index in [1.807, 2.05) is 0 Å². The first-order chi connectivity index (χ1) is 15.4. The van der Waals surface area contributed by atoms with Crippen LogP contribution in [0.15, 0.2) is 47.7 Å². The van der Waals surface area contributed by atoms with Crippen molar-refractivity contribution in [3.63, 3.8) is 0 Å². The number of halogens is 2. The summed E-state index contributed by atoms with van der Waals surface area (Å²) in [6.45, 7) is 1.72. The molecule has 2 amide bonds. The number of nitrogens with zero attached hydrogens (tertiary/aromatic N) is 1. The van der Waals surface area contributed by atoms with Gasteiger partial charge in [0.2, 0.25) is 6.79 Å². The molecule has 1 atom stereocenters. The van der Waals surface area contributed by atoms with Gasteiger partial charge in [-0.15, -0.1) is 0 Å². The van der Waals surface area contributed by atoms with E-state index in [4.69, 9.17) is 18.9 Å². The molecule has 0 bridgehead atoms. The minimum Gasteiger partial charge on any atom is -0.460 e. The maximum absolute atomic E-state index is 14.6. The number of urea groups is 1. The summed E-state index contributed by atoms with van der Waals surface area (Å²) < 4.78 is 48.8. The Bertz CT molecular complexity index is 1100. The van der Waals surface area contributed by atoms with Gasteiger partial charge in [0.15, 0.2) is 11.5 Å². The summed E-state index contributed by atoms with van der Waals surface area (Å²) in [6.07, 6.45) is 0. The number of methoxy groups -OCH3 is 1. The summed E-state index contributed by atoms with van der Waals surface area (Å²) in [6, 6.07) is 6.00. The Labute approximate surface area is 182 Å². The number of nitrogens with one attached hydrogen (secondary N) is 1. The van der Waals surface area contributed by atoms with Gasteiger partial charge in [0, 0.05) is 30.5 Å². The minimum absolute atomic E-state index is 0.00359. The van der Waals surface area contributed by atoms with Gasteiger partial charge in [-0.1, -0.05) is 6.07 Å². The molecule has 2 aromatic rings. The van der Waals surface area contributed by atoms with Gasteiger partial charge in [0.05, 0.1) is 23.9 Å². The zero-order valence-corrected chi connectivity index (χ0v) is 17.3. The molecule has 0 aliphatic carbocycles. The summed E-state index contributed by atoms with van der Waals surface area (Å²) in [4.78, 5) is 27.3. The molecule has 168 valence electrons. The molecule has 10 heteroatoms. The van der Waals surface area contributed by atoms with E-state index in [9.17, 15) is 18.4 Å². The summed E-state index contributed by atoms with van der Waals surface area (Å²) in [7, 11) is 1.46. The highest BCUT2D eigenvalue weighted by Crippen LogP contribution is 2.39. The largest absolute Gasteiger partial charge is 0.460 e. The van der Waals surface area contributed by atoms with Gasteiger partial charge in [0.25, 0.3) is 0 Å². The van der Waals surface area contributed by atoms with Crippen molar-refractivity contribution in [1.29, 1.82) is 0 Å². The zero-order valence-electron chi connectivity index (χ0n) is 17.3. The van der Waals surface area contributed by atoms with Crippen LogP contribution in [0.25, 0.3) is 0 Å². The number of esters is 1. The minimum atomic E-state index is -1.18. The van der Waals surface area contributed by atoms with E-state index < -0.39 is 29.7 Å². The fourth-order valence-corrected chi connectivity index (χ4v) is 3.61. The van der Waals surface area contributed by atoms with E-state index in [0.717, 1.165) is 6.07 Å². The predicted octanol–water partition coefficient (Wildman–Crippen LogP) is 3.43. The number of carbonyl (C=O) groups excluding carboxylic acids is 2. The van der Waals surface area contributed by atoms with Gasteiger partial charge in [-0.3, -0.25) is 4.90 Å². The molecule has 2 aromatic carbocycles. The van der Waals surface area contributed by atoms with Crippen molar-refractivity contribution in [2.24, 2.45) is 0 Å². The van der Waals surface area contributed by atoms with Gasteiger partial charge in [0.1, 0.15) is 18.2 Å². The lowest BCUT2D eigenvalue weighted by molar-refractivity contribution is -0.140. The SMILES string of the molecule is COCCOC(=O)C1=C(C)N(c2ccc3c(c2)OCO3)C(=O)N[C@H]1c1ccc(F)cc1F. The van der Waals surface area contributed by atoms with Crippen LogP contribution in [0.2, 0.25) is 0 Å². The van der Waals surface area contributed by atoms with Crippen LogP contribution >= 0.6 is 0 Å². The number of anilines is 1. The Balaban J connectivity index is 1.79. The predicted molar refractivity (Wildman–Crippen MR) is 108 cm³/mol. The van der Waals surface area contributed by atoms with Crippen LogP contribution in [0.1, 0.15) is 18.5 Å². The summed E-state index contributed by atoms with van der Waals surface area (Å²) in [5.41, 5.74) is 0.570. The maximum Gasteiger partial charge on any atom is 0.338 e. The van der Waals surface area contributed by atoms with E-state index in [1.54, 1.807) is 25.1 Å². The number of rotatable bonds is 6. The zero-order chi connectivity index (χ0) is 22.8.